The fourth-order valence-corrected chi connectivity index (χ4v) is 0. The number of hydrogen-bond acceptors (Lipinski definition) is 0. The predicted molar refractivity (Wildman–Crippen MR) is 20.8 cm³/mol. The highest BCUT2D eigenvalue weighted by Crippen LogP contribution is 1.95. The van der Waals surface area contributed by atoms with Crippen LogP contribution in [0.5, 0.6) is 0 Å². The highest BCUT2D eigenvalue weighted by Gasteiger charge is 2.14. The molecule has 0 saturated carbocycles. The fourth-order valence-electron chi connectivity index (χ4n) is 0. The predicted octanol–water partition coefficient (Wildman–Crippen LogP) is 2.12. The molecule has 0 radical (unpaired) electrons. The Hall–Kier alpha value is -0.550. The summed E-state index contributed by atoms with van der Waals surface area (Å²) in [5.74, 6) is 0. The summed E-state index contributed by atoms with van der Waals surface area (Å²) in [5.41, 5.74) is 13.5. The van der Waals surface area contributed by atoms with Gasteiger partial charge in [-0.15, -0.1) is 0 Å². The lowest BCUT2D eigenvalue weighted by Gasteiger charge is -1.37. The molecule has 0 spiro atoms. The van der Waals surface area contributed by atoms with Crippen LogP contribution in [0, 0.1) is 0 Å². The summed E-state index contributed by atoms with van der Waals surface area (Å²) < 4.78 is 29.1. The standard InChI is InChI=1S/F3S.N3/c1-4(2)3;1-3-2/q+1;-1. The molecular formula is F3N3S. The molecule has 0 aliphatic rings. The van der Waals surface area contributed by atoms with Crippen molar-refractivity contribution in [2.75, 3.05) is 0 Å². The average Bonchev–Trinajstić information content (AvgIpc) is 1.33. The van der Waals surface area contributed by atoms with Crippen molar-refractivity contribution >= 4 is 12.1 Å². The van der Waals surface area contributed by atoms with E-state index in [1.165, 1.54) is 4.91 Å². The van der Waals surface area contributed by atoms with Crippen molar-refractivity contribution in [2.24, 2.45) is 0 Å². The van der Waals surface area contributed by atoms with Crippen molar-refractivity contribution in [1.82, 2.24) is 0 Å². The molecule has 0 fully saturated rings. The molecule has 7 heavy (non-hydrogen) atoms. The van der Waals surface area contributed by atoms with E-state index in [0.717, 1.165) is 0 Å². The molecule has 0 heterocycles. The van der Waals surface area contributed by atoms with Crippen LogP contribution < -0.4 is 0 Å². The molecular weight excluding hydrogens is 131 g/mol. The summed E-state index contributed by atoms with van der Waals surface area (Å²) in [5, 5.41) is 0. The van der Waals surface area contributed by atoms with Crippen LogP contribution in [0.4, 0.5) is 11.7 Å². The van der Waals surface area contributed by atoms with Gasteiger partial charge in [-0.3, -0.25) is 4.91 Å². The Kier molecular flexibility index (Phi) is 12.5. The lowest BCUT2D eigenvalue weighted by atomic mass is 13.0. The summed E-state index contributed by atoms with van der Waals surface area (Å²) in [6.07, 6.45) is 0. The van der Waals surface area contributed by atoms with Gasteiger partial charge in [0.2, 0.25) is 0 Å². The smallest absolute Gasteiger partial charge is 0.373 e. The van der Waals surface area contributed by atoms with Gasteiger partial charge in [0.15, 0.2) is 0 Å². The van der Waals surface area contributed by atoms with Gasteiger partial charge in [-0.1, -0.05) is 0 Å². The quantitative estimate of drug-likeness (QED) is 0.209. The lowest BCUT2D eigenvalue weighted by molar-refractivity contribution is 0.662. The van der Waals surface area contributed by atoms with Crippen molar-refractivity contribution in [3.8, 4) is 0 Å². The molecule has 0 unspecified atom stereocenters. The molecule has 3 nitrogen and oxygen atoms in total. The molecule has 0 bridgehead atoms. The third-order valence-electron chi connectivity index (χ3n) is 0. The highest BCUT2D eigenvalue weighted by atomic mass is 32.3. The second-order valence-corrected chi connectivity index (χ2v) is 0.614. The van der Waals surface area contributed by atoms with E-state index in [-0.39, 0.29) is 0 Å². The minimum absolute atomic E-state index is 1.50. The normalized spacial score (nSPS) is 6.29. The van der Waals surface area contributed by atoms with Crippen LogP contribution in [0.25, 0.3) is 16.0 Å². The molecule has 42 valence electrons. The molecule has 0 aromatic rings. The Morgan fingerprint density at radius 1 is 1.14 bits per heavy atom. The van der Waals surface area contributed by atoms with Gasteiger partial charge in [0, 0.05) is 0 Å². The first-order chi connectivity index (χ1) is 3.15. The van der Waals surface area contributed by atoms with Crippen LogP contribution in [-0.2, 0) is 12.1 Å². The van der Waals surface area contributed by atoms with Crippen LogP contribution >= 0.6 is 0 Å². The number of halogens is 3. The summed E-state index contributed by atoms with van der Waals surface area (Å²) in [7, 11) is 0. The first-order valence-corrected chi connectivity index (χ1v) is 1.79. The maximum atomic E-state index is 9.69. The van der Waals surface area contributed by atoms with Gasteiger partial charge in [0.25, 0.3) is 0 Å². The zero-order valence-electron chi connectivity index (χ0n) is 2.88. The van der Waals surface area contributed by atoms with Gasteiger partial charge >= 0.3 is 12.1 Å². The van der Waals surface area contributed by atoms with E-state index in [2.05, 4.69) is 0 Å². The van der Waals surface area contributed by atoms with Crippen LogP contribution in [0.3, 0.4) is 0 Å². The fraction of sp³-hybridized carbons (Fsp3) is 0. The maximum absolute atomic E-state index is 9.69. The Morgan fingerprint density at radius 2 is 1.14 bits per heavy atom. The van der Waals surface area contributed by atoms with E-state index >= 15 is 0 Å². The largest absolute Gasteiger partial charge is 0.661 e. The first kappa shape index (κ1) is 9.67. The molecule has 0 aliphatic carbocycles. The average molecular weight is 131 g/mol. The lowest BCUT2D eigenvalue weighted by Crippen LogP contribution is -1.54. The topological polar surface area (TPSA) is 58.7 Å². The minimum atomic E-state index is -3.86. The number of nitrogens with zero attached hydrogens (tertiary/aromatic N) is 3. The van der Waals surface area contributed by atoms with E-state index in [1.807, 2.05) is 0 Å². The third-order valence-corrected chi connectivity index (χ3v) is 0. The van der Waals surface area contributed by atoms with Crippen molar-refractivity contribution in [1.29, 1.82) is 0 Å². The SMILES string of the molecule is F[S+](F)F.[N-]=[N+]=[N-]. The Labute approximate surface area is 40.8 Å². The van der Waals surface area contributed by atoms with Crippen LogP contribution in [-0.4, -0.2) is 0 Å². The Morgan fingerprint density at radius 3 is 1.14 bits per heavy atom. The van der Waals surface area contributed by atoms with Crippen molar-refractivity contribution in [3.05, 3.63) is 16.0 Å². The molecule has 0 rings (SSSR count). The molecule has 0 aromatic heterocycles. The van der Waals surface area contributed by atoms with E-state index in [4.69, 9.17) is 11.1 Å². The zero-order valence-corrected chi connectivity index (χ0v) is 3.70. The van der Waals surface area contributed by atoms with Gasteiger partial charge in [0.1, 0.15) is 11.7 Å². The molecule has 0 amide bonds. The molecule has 0 aromatic carbocycles. The second kappa shape index (κ2) is 9.07. The summed E-state index contributed by atoms with van der Waals surface area (Å²) in [6, 6.07) is 0. The Balaban J connectivity index is 0. The van der Waals surface area contributed by atoms with Crippen LogP contribution in [0.2, 0.25) is 0 Å². The monoisotopic (exact) mass is 131 g/mol. The van der Waals surface area contributed by atoms with E-state index in [1.54, 1.807) is 0 Å². The van der Waals surface area contributed by atoms with E-state index in [0.29, 0.717) is 0 Å². The zero-order chi connectivity index (χ0) is 6.28. The van der Waals surface area contributed by atoms with Crippen molar-refractivity contribution in [3.63, 3.8) is 0 Å². The molecule has 0 N–H and O–H groups in total. The van der Waals surface area contributed by atoms with Crippen LogP contribution in [0.15, 0.2) is 0 Å². The second-order valence-electron chi connectivity index (χ2n) is 0.264. The van der Waals surface area contributed by atoms with Crippen molar-refractivity contribution in [2.45, 2.75) is 0 Å². The third kappa shape index (κ3) is 214. The molecule has 0 aliphatic heterocycles. The first-order valence-electron chi connectivity index (χ1n) is 0.863. The van der Waals surface area contributed by atoms with E-state index < -0.39 is 12.1 Å². The molecule has 0 atom stereocenters. The summed E-state index contributed by atoms with van der Waals surface area (Å²) >= 11 is -3.86. The van der Waals surface area contributed by atoms with Gasteiger partial charge in [-0.25, -0.2) is 0 Å². The van der Waals surface area contributed by atoms with E-state index in [9.17, 15) is 11.7 Å². The van der Waals surface area contributed by atoms with Gasteiger partial charge in [0.05, 0.1) is 0 Å². The van der Waals surface area contributed by atoms with Gasteiger partial charge < -0.3 is 11.1 Å². The van der Waals surface area contributed by atoms with Gasteiger partial charge in [-0.2, -0.15) is 0 Å². The van der Waals surface area contributed by atoms with Crippen LogP contribution in [0.1, 0.15) is 0 Å². The van der Waals surface area contributed by atoms with Gasteiger partial charge in [-0.05, 0) is 0 Å². The maximum Gasteiger partial charge on any atom is 0.661 e. The number of hydrogen-bond donors (Lipinski definition) is 0. The highest BCUT2D eigenvalue weighted by molar-refractivity contribution is 7.81. The summed E-state index contributed by atoms with van der Waals surface area (Å²) in [4.78, 5) is 1.50. The molecule has 0 saturated heterocycles. The molecule has 7 heteroatoms. The number of rotatable bonds is 0. The minimum Gasteiger partial charge on any atom is -0.373 e. The Bertz CT molecular complexity index is 52.4. The summed E-state index contributed by atoms with van der Waals surface area (Å²) in [6.45, 7) is 0. The van der Waals surface area contributed by atoms with Crippen molar-refractivity contribution < 1.29 is 11.7 Å².